The zero-order valence-corrected chi connectivity index (χ0v) is 13.6. The molecule has 7 heteroatoms. The van der Waals surface area contributed by atoms with Gasteiger partial charge in [0, 0.05) is 4.48 Å². The van der Waals surface area contributed by atoms with Gasteiger partial charge in [-0.05, 0) is 39.7 Å². The molecule has 0 saturated carbocycles. The van der Waals surface area contributed by atoms with Crippen LogP contribution >= 0.6 is 15.9 Å². The van der Waals surface area contributed by atoms with Gasteiger partial charge in [-0.1, -0.05) is 30.3 Å². The largest absolute Gasteiger partial charge is 0.459 e. The maximum atomic E-state index is 11.6. The Hall–Kier alpha value is -2.67. The molecule has 6 nitrogen and oxygen atoms in total. The predicted molar refractivity (Wildman–Crippen MR) is 91.0 cm³/mol. The molecule has 0 saturated heterocycles. The summed E-state index contributed by atoms with van der Waals surface area (Å²) >= 11 is 3.33. The molecule has 0 radical (unpaired) electrons. The van der Waals surface area contributed by atoms with E-state index in [2.05, 4.69) is 31.8 Å². The molecule has 2 rings (SSSR count). The second-order valence-electron chi connectivity index (χ2n) is 4.39. The second-order valence-corrected chi connectivity index (χ2v) is 5.31. The number of allylic oxidation sites excluding steroid dienone is 1. The lowest BCUT2D eigenvalue weighted by molar-refractivity contribution is -0.120. The zero-order chi connectivity index (χ0) is 16.5. The maximum Gasteiger partial charge on any atom is 0.287 e. The summed E-state index contributed by atoms with van der Waals surface area (Å²) < 4.78 is 5.61. The number of furan rings is 1. The highest BCUT2D eigenvalue weighted by Gasteiger charge is 2.09. The van der Waals surface area contributed by atoms with Crippen LogP contribution in [0.3, 0.4) is 0 Å². The maximum absolute atomic E-state index is 11.6. The van der Waals surface area contributed by atoms with Crippen molar-refractivity contribution in [3.8, 4) is 0 Å². The van der Waals surface area contributed by atoms with E-state index in [0.717, 1.165) is 5.56 Å². The quantitative estimate of drug-likeness (QED) is 0.600. The van der Waals surface area contributed by atoms with Gasteiger partial charge in [0.15, 0.2) is 5.76 Å². The first kappa shape index (κ1) is 16.7. The van der Waals surface area contributed by atoms with Gasteiger partial charge in [0.1, 0.15) is 0 Å². The first-order chi connectivity index (χ1) is 11.1. The second kappa shape index (κ2) is 8.70. The van der Waals surface area contributed by atoms with Crippen LogP contribution in [0.4, 0.5) is 0 Å². The third-order valence-electron chi connectivity index (χ3n) is 2.64. The number of hydrogen-bond donors (Lipinski definition) is 2. The minimum atomic E-state index is -0.459. The van der Waals surface area contributed by atoms with Crippen molar-refractivity contribution in [3.05, 3.63) is 64.5 Å². The first-order valence-electron chi connectivity index (χ1n) is 6.71. The topological polar surface area (TPSA) is 83.7 Å². The Kier molecular flexibility index (Phi) is 6.31. The summed E-state index contributed by atoms with van der Waals surface area (Å²) in [5.41, 5.74) is 3.32. The monoisotopic (exact) mass is 375 g/mol. The van der Waals surface area contributed by atoms with Crippen molar-refractivity contribution in [2.45, 2.75) is 0 Å². The molecule has 2 amide bonds. The molecule has 23 heavy (non-hydrogen) atoms. The predicted octanol–water partition coefficient (Wildman–Crippen LogP) is 2.55. The fourth-order valence-electron chi connectivity index (χ4n) is 1.61. The van der Waals surface area contributed by atoms with E-state index in [4.69, 9.17) is 4.42 Å². The number of nitrogens with one attached hydrogen (secondary N) is 2. The molecule has 0 spiro atoms. The van der Waals surface area contributed by atoms with E-state index >= 15 is 0 Å². The van der Waals surface area contributed by atoms with Crippen molar-refractivity contribution in [1.82, 2.24) is 10.7 Å². The highest BCUT2D eigenvalue weighted by atomic mass is 79.9. The number of carbonyl (C=O) groups excluding carboxylic acids is 2. The van der Waals surface area contributed by atoms with E-state index in [0.29, 0.717) is 4.48 Å². The van der Waals surface area contributed by atoms with Crippen LogP contribution in [0.2, 0.25) is 0 Å². The molecule has 1 aromatic heterocycles. The minimum Gasteiger partial charge on any atom is -0.459 e. The molecule has 1 aromatic carbocycles. The Bertz CT molecular complexity index is 709. The molecule has 0 aliphatic carbocycles. The van der Waals surface area contributed by atoms with E-state index in [1.54, 1.807) is 6.07 Å². The van der Waals surface area contributed by atoms with Gasteiger partial charge in [0.25, 0.3) is 11.8 Å². The van der Waals surface area contributed by atoms with Crippen molar-refractivity contribution in [1.29, 1.82) is 0 Å². The van der Waals surface area contributed by atoms with Crippen molar-refractivity contribution in [3.63, 3.8) is 0 Å². The van der Waals surface area contributed by atoms with Gasteiger partial charge in [-0.15, -0.1) is 0 Å². The SMILES string of the molecule is O=C(CNC(=O)c1ccco1)N/N=C/C(Br)=C\c1ccccc1. The van der Waals surface area contributed by atoms with Crippen LogP contribution in [-0.2, 0) is 4.79 Å². The lowest BCUT2D eigenvalue weighted by Crippen LogP contribution is -2.34. The lowest BCUT2D eigenvalue weighted by Gasteiger charge is -2.01. The van der Waals surface area contributed by atoms with Crippen LogP contribution < -0.4 is 10.7 Å². The van der Waals surface area contributed by atoms with Gasteiger partial charge in [-0.25, -0.2) is 5.43 Å². The molecular weight excluding hydrogens is 362 g/mol. The number of benzene rings is 1. The average molecular weight is 376 g/mol. The van der Waals surface area contributed by atoms with Gasteiger partial charge in [0.05, 0.1) is 19.0 Å². The third kappa shape index (κ3) is 5.91. The summed E-state index contributed by atoms with van der Waals surface area (Å²) in [6.07, 6.45) is 4.70. The Morgan fingerprint density at radius 1 is 1.17 bits per heavy atom. The van der Waals surface area contributed by atoms with Crippen LogP contribution in [0, 0.1) is 0 Å². The van der Waals surface area contributed by atoms with Crippen molar-refractivity contribution in [2.24, 2.45) is 5.10 Å². The fraction of sp³-hybridized carbons (Fsp3) is 0.0625. The number of hydrogen-bond acceptors (Lipinski definition) is 4. The van der Waals surface area contributed by atoms with Gasteiger partial charge in [0.2, 0.25) is 0 Å². The van der Waals surface area contributed by atoms with E-state index in [9.17, 15) is 9.59 Å². The summed E-state index contributed by atoms with van der Waals surface area (Å²) in [6, 6.07) is 12.8. The Morgan fingerprint density at radius 3 is 2.65 bits per heavy atom. The molecule has 0 fully saturated rings. The first-order valence-corrected chi connectivity index (χ1v) is 7.50. The average Bonchev–Trinajstić information content (AvgIpc) is 3.08. The number of amides is 2. The van der Waals surface area contributed by atoms with E-state index in [-0.39, 0.29) is 12.3 Å². The zero-order valence-electron chi connectivity index (χ0n) is 12.0. The Labute approximate surface area is 141 Å². The Balaban J connectivity index is 1.75. The van der Waals surface area contributed by atoms with Gasteiger partial charge >= 0.3 is 0 Å². The lowest BCUT2D eigenvalue weighted by atomic mass is 10.2. The van der Waals surface area contributed by atoms with E-state index < -0.39 is 11.8 Å². The molecule has 0 aliphatic rings. The summed E-state index contributed by atoms with van der Waals surface area (Å²) in [5.74, 6) is -0.754. The van der Waals surface area contributed by atoms with Crippen LogP contribution in [0.25, 0.3) is 6.08 Å². The normalized spacial score (nSPS) is 11.4. The molecule has 0 bridgehead atoms. The minimum absolute atomic E-state index is 0.148. The molecule has 2 aromatic rings. The van der Waals surface area contributed by atoms with Crippen molar-refractivity contribution >= 4 is 40.0 Å². The highest BCUT2D eigenvalue weighted by molar-refractivity contribution is 9.12. The van der Waals surface area contributed by atoms with Crippen molar-refractivity contribution in [2.75, 3.05) is 6.54 Å². The Morgan fingerprint density at radius 2 is 1.96 bits per heavy atom. The number of carbonyl (C=O) groups is 2. The van der Waals surface area contributed by atoms with Gasteiger partial charge < -0.3 is 9.73 Å². The number of halogens is 1. The molecule has 0 unspecified atom stereocenters. The molecule has 2 N–H and O–H groups in total. The third-order valence-corrected chi connectivity index (χ3v) is 3.07. The van der Waals surface area contributed by atoms with Crippen molar-refractivity contribution < 1.29 is 14.0 Å². The van der Waals surface area contributed by atoms with E-state index in [1.807, 2.05) is 36.4 Å². The summed E-state index contributed by atoms with van der Waals surface area (Å²) in [4.78, 5) is 23.1. The van der Waals surface area contributed by atoms with E-state index in [1.165, 1.54) is 18.5 Å². The fourth-order valence-corrected chi connectivity index (χ4v) is 1.97. The number of hydrazone groups is 1. The van der Waals surface area contributed by atoms with Crippen LogP contribution in [0.15, 0.2) is 62.7 Å². The van der Waals surface area contributed by atoms with Crippen LogP contribution in [0.5, 0.6) is 0 Å². The molecule has 0 atom stereocenters. The molecule has 0 aliphatic heterocycles. The standard InChI is InChI=1S/C16H14BrN3O3/c17-13(9-12-5-2-1-3-6-12)10-19-20-15(21)11-18-16(22)14-7-4-8-23-14/h1-10H,11H2,(H,18,22)(H,20,21)/b13-9+,19-10+. The molecule has 118 valence electrons. The number of rotatable bonds is 6. The summed E-state index contributed by atoms with van der Waals surface area (Å²) in [7, 11) is 0. The van der Waals surface area contributed by atoms with Crippen LogP contribution in [-0.4, -0.2) is 24.6 Å². The number of nitrogens with zero attached hydrogens (tertiary/aromatic N) is 1. The molecule has 1 heterocycles. The summed E-state index contributed by atoms with van der Waals surface area (Å²) in [5, 5.41) is 6.21. The summed E-state index contributed by atoms with van der Waals surface area (Å²) in [6.45, 7) is -0.198. The highest BCUT2D eigenvalue weighted by Crippen LogP contribution is 2.09. The smallest absolute Gasteiger partial charge is 0.287 e. The van der Waals surface area contributed by atoms with Gasteiger partial charge in [-0.3, -0.25) is 9.59 Å². The van der Waals surface area contributed by atoms with Crippen LogP contribution in [0.1, 0.15) is 16.1 Å². The van der Waals surface area contributed by atoms with Gasteiger partial charge in [-0.2, -0.15) is 5.10 Å². The molecular formula is C16H14BrN3O3.